The van der Waals surface area contributed by atoms with Crippen LogP contribution in [0.1, 0.15) is 11.1 Å². The van der Waals surface area contributed by atoms with Gasteiger partial charge in [-0.1, -0.05) is 66.7 Å². The lowest BCUT2D eigenvalue weighted by atomic mass is 10.0. The topological polar surface area (TPSA) is 42.0 Å². The van der Waals surface area contributed by atoms with Gasteiger partial charge in [0, 0.05) is 11.3 Å². The molecule has 1 N–H and O–H groups in total. The predicted molar refractivity (Wildman–Crippen MR) is 126 cm³/mol. The molecule has 4 aromatic carbocycles. The van der Waals surface area contributed by atoms with E-state index in [1.54, 1.807) is 11.3 Å². The van der Waals surface area contributed by atoms with Crippen molar-refractivity contribution in [3.63, 3.8) is 0 Å². The van der Waals surface area contributed by atoms with Crippen molar-refractivity contribution >= 4 is 43.9 Å². The number of aromatic nitrogens is 1. The number of benzene rings is 4. The first-order valence-corrected chi connectivity index (χ1v) is 10.7. The summed E-state index contributed by atoms with van der Waals surface area (Å²) in [5.74, 6) is -0.0177. The van der Waals surface area contributed by atoms with Crippen molar-refractivity contribution in [2.75, 3.05) is 5.32 Å². The monoisotopic (exact) mass is 408 g/mol. The minimum atomic E-state index is -0.0177. The van der Waals surface area contributed by atoms with Gasteiger partial charge in [-0.3, -0.25) is 4.79 Å². The normalized spacial score (nSPS) is 11.1. The highest BCUT2D eigenvalue weighted by atomic mass is 32.1. The number of hydrogen-bond donors (Lipinski definition) is 1. The third-order valence-electron chi connectivity index (χ3n) is 5.36. The van der Waals surface area contributed by atoms with Crippen molar-refractivity contribution in [2.24, 2.45) is 0 Å². The number of hydrogen-bond acceptors (Lipinski definition) is 3. The molecule has 0 aliphatic carbocycles. The Kier molecular flexibility index (Phi) is 4.77. The maximum atomic E-state index is 12.8. The SMILES string of the molecule is Cc1c(NC(=O)Cc2cccc3ccccc23)cccc1-c1nc2ccccc2s1. The zero-order valence-electron chi connectivity index (χ0n) is 16.6. The first-order chi connectivity index (χ1) is 14.7. The zero-order valence-corrected chi connectivity index (χ0v) is 17.4. The largest absolute Gasteiger partial charge is 0.326 e. The Bertz CT molecular complexity index is 1350. The van der Waals surface area contributed by atoms with Crippen molar-refractivity contribution in [3.8, 4) is 10.6 Å². The van der Waals surface area contributed by atoms with Gasteiger partial charge in [0.25, 0.3) is 0 Å². The number of rotatable bonds is 4. The number of nitrogens with zero attached hydrogens (tertiary/aromatic N) is 1. The highest BCUT2D eigenvalue weighted by Gasteiger charge is 2.13. The van der Waals surface area contributed by atoms with Crippen LogP contribution in [0.2, 0.25) is 0 Å². The van der Waals surface area contributed by atoms with E-state index < -0.39 is 0 Å². The summed E-state index contributed by atoms with van der Waals surface area (Å²) in [6.07, 6.45) is 0.339. The zero-order chi connectivity index (χ0) is 20.5. The Morgan fingerprint density at radius 3 is 2.57 bits per heavy atom. The van der Waals surface area contributed by atoms with E-state index in [1.807, 2.05) is 61.5 Å². The number of anilines is 1. The van der Waals surface area contributed by atoms with Crippen molar-refractivity contribution < 1.29 is 4.79 Å². The maximum Gasteiger partial charge on any atom is 0.228 e. The lowest BCUT2D eigenvalue weighted by Gasteiger charge is -2.12. The highest BCUT2D eigenvalue weighted by Crippen LogP contribution is 2.34. The number of amides is 1. The van der Waals surface area contributed by atoms with Crippen molar-refractivity contribution in [3.05, 3.63) is 96.1 Å². The third kappa shape index (κ3) is 3.46. The Hall–Kier alpha value is -3.50. The Balaban J connectivity index is 1.42. The van der Waals surface area contributed by atoms with Crippen LogP contribution in [0.4, 0.5) is 5.69 Å². The molecule has 0 bridgehead atoms. The molecule has 0 saturated carbocycles. The lowest BCUT2D eigenvalue weighted by Crippen LogP contribution is -2.15. The quantitative estimate of drug-likeness (QED) is 0.364. The van der Waals surface area contributed by atoms with Crippen molar-refractivity contribution in [1.82, 2.24) is 4.98 Å². The van der Waals surface area contributed by atoms with Gasteiger partial charge in [-0.25, -0.2) is 4.98 Å². The van der Waals surface area contributed by atoms with E-state index in [-0.39, 0.29) is 5.91 Å². The molecule has 1 heterocycles. The van der Waals surface area contributed by atoms with Crippen LogP contribution < -0.4 is 5.32 Å². The van der Waals surface area contributed by atoms with Gasteiger partial charge < -0.3 is 5.32 Å². The first kappa shape index (κ1) is 18.5. The minimum Gasteiger partial charge on any atom is -0.326 e. The average Bonchev–Trinajstić information content (AvgIpc) is 3.19. The highest BCUT2D eigenvalue weighted by molar-refractivity contribution is 7.21. The van der Waals surface area contributed by atoms with Gasteiger partial charge in [-0.2, -0.15) is 0 Å². The summed E-state index contributed by atoms with van der Waals surface area (Å²) in [7, 11) is 0. The number of carbonyl (C=O) groups excluding carboxylic acids is 1. The molecule has 3 nitrogen and oxygen atoms in total. The summed E-state index contributed by atoms with van der Waals surface area (Å²) in [6.45, 7) is 2.04. The summed E-state index contributed by atoms with van der Waals surface area (Å²) in [5.41, 5.74) is 4.95. The molecular formula is C26H20N2OS. The van der Waals surface area contributed by atoms with Gasteiger partial charge in [0.05, 0.1) is 16.6 Å². The molecule has 4 heteroatoms. The van der Waals surface area contributed by atoms with Crippen LogP contribution in [-0.2, 0) is 11.2 Å². The fourth-order valence-electron chi connectivity index (χ4n) is 3.80. The predicted octanol–water partition coefficient (Wildman–Crippen LogP) is 6.61. The molecule has 5 aromatic rings. The fraction of sp³-hybridized carbons (Fsp3) is 0.0769. The lowest BCUT2D eigenvalue weighted by molar-refractivity contribution is -0.115. The van der Waals surface area contributed by atoms with Gasteiger partial charge in [0.2, 0.25) is 5.91 Å². The number of carbonyl (C=O) groups is 1. The summed E-state index contributed by atoms with van der Waals surface area (Å²) in [6, 6.07) is 28.4. The molecule has 0 fully saturated rings. The van der Waals surface area contributed by atoms with E-state index >= 15 is 0 Å². The Morgan fingerprint density at radius 1 is 0.900 bits per heavy atom. The molecule has 0 aliphatic rings. The van der Waals surface area contributed by atoms with E-state index in [2.05, 4.69) is 35.6 Å². The Labute approximate surface area is 179 Å². The van der Waals surface area contributed by atoms with Gasteiger partial charge in [-0.05, 0) is 47.0 Å². The second-order valence-electron chi connectivity index (χ2n) is 7.33. The molecule has 0 aliphatic heterocycles. The van der Waals surface area contributed by atoms with Crippen LogP contribution in [0, 0.1) is 6.92 Å². The standard InChI is InChI=1S/C26H20N2OS/c1-17-20(26-28-23-13-4-5-15-24(23)30-26)12-7-14-22(17)27-25(29)16-19-10-6-9-18-8-2-3-11-21(18)19/h2-15H,16H2,1H3,(H,27,29). The molecule has 0 unspecified atom stereocenters. The number of para-hydroxylation sites is 1. The minimum absolute atomic E-state index is 0.0177. The molecule has 5 rings (SSSR count). The van der Waals surface area contributed by atoms with Crippen LogP contribution in [0.5, 0.6) is 0 Å². The van der Waals surface area contributed by atoms with Gasteiger partial charge in [-0.15, -0.1) is 11.3 Å². The van der Waals surface area contributed by atoms with E-state index in [0.717, 1.165) is 48.4 Å². The molecule has 30 heavy (non-hydrogen) atoms. The molecule has 0 saturated heterocycles. The van der Waals surface area contributed by atoms with Crippen LogP contribution >= 0.6 is 11.3 Å². The van der Waals surface area contributed by atoms with Gasteiger partial charge >= 0.3 is 0 Å². The summed E-state index contributed by atoms with van der Waals surface area (Å²) >= 11 is 1.67. The van der Waals surface area contributed by atoms with Crippen molar-refractivity contribution in [1.29, 1.82) is 0 Å². The van der Waals surface area contributed by atoms with Gasteiger partial charge in [0.1, 0.15) is 5.01 Å². The summed E-state index contributed by atoms with van der Waals surface area (Å²) in [5, 5.41) is 6.35. The number of nitrogens with one attached hydrogen (secondary N) is 1. The fourth-order valence-corrected chi connectivity index (χ4v) is 4.85. The number of thiazole rings is 1. The van der Waals surface area contributed by atoms with Crippen LogP contribution in [0.3, 0.4) is 0 Å². The number of fused-ring (bicyclic) bond motifs is 2. The van der Waals surface area contributed by atoms with E-state index in [0.29, 0.717) is 6.42 Å². The first-order valence-electron chi connectivity index (χ1n) is 9.91. The van der Waals surface area contributed by atoms with Crippen molar-refractivity contribution in [2.45, 2.75) is 13.3 Å². The molecule has 146 valence electrons. The van der Waals surface area contributed by atoms with E-state index in [1.165, 1.54) is 0 Å². The van der Waals surface area contributed by atoms with E-state index in [9.17, 15) is 4.79 Å². The van der Waals surface area contributed by atoms with E-state index in [4.69, 9.17) is 4.98 Å². The molecule has 0 radical (unpaired) electrons. The second kappa shape index (κ2) is 7.73. The summed E-state index contributed by atoms with van der Waals surface area (Å²) in [4.78, 5) is 17.6. The molecule has 1 aromatic heterocycles. The molecule has 0 atom stereocenters. The maximum absolute atomic E-state index is 12.8. The molecule has 1 amide bonds. The van der Waals surface area contributed by atoms with Crippen LogP contribution in [0.25, 0.3) is 31.6 Å². The Morgan fingerprint density at radius 2 is 1.67 bits per heavy atom. The van der Waals surface area contributed by atoms with Gasteiger partial charge in [0.15, 0.2) is 0 Å². The van der Waals surface area contributed by atoms with Crippen LogP contribution in [-0.4, -0.2) is 10.9 Å². The average molecular weight is 409 g/mol. The third-order valence-corrected chi connectivity index (χ3v) is 6.43. The smallest absolute Gasteiger partial charge is 0.228 e. The van der Waals surface area contributed by atoms with Crippen LogP contribution in [0.15, 0.2) is 84.9 Å². The second-order valence-corrected chi connectivity index (χ2v) is 8.36. The summed E-state index contributed by atoms with van der Waals surface area (Å²) < 4.78 is 1.16. The molecular weight excluding hydrogens is 388 g/mol. The molecule has 0 spiro atoms.